The number of alkyl halides is 6. The zero-order valence-corrected chi connectivity index (χ0v) is 13.4. The molecule has 0 spiro atoms. The van der Waals surface area contributed by atoms with Crippen LogP contribution >= 0.6 is 0 Å². The highest BCUT2D eigenvalue weighted by molar-refractivity contribution is 5.90. The Morgan fingerprint density at radius 2 is 1.56 bits per heavy atom. The van der Waals surface area contributed by atoms with Gasteiger partial charge in [-0.05, 0) is 42.5 Å². The summed E-state index contributed by atoms with van der Waals surface area (Å²) in [6.07, 6.45) is -8.02. The second-order valence-corrected chi connectivity index (χ2v) is 6.59. The average Bonchev–Trinajstić information content (AvgIpc) is 2.44. The molecule has 138 valence electrons. The molecule has 0 fully saturated rings. The number of carboxylic acids is 1. The van der Waals surface area contributed by atoms with Gasteiger partial charge in [0.2, 0.25) is 0 Å². The summed E-state index contributed by atoms with van der Waals surface area (Å²) < 4.78 is 78.4. The van der Waals surface area contributed by atoms with E-state index in [0.717, 1.165) is 0 Å². The predicted molar refractivity (Wildman–Crippen MR) is 77.9 cm³/mol. The van der Waals surface area contributed by atoms with Gasteiger partial charge in [-0.25, -0.2) is 4.79 Å². The lowest BCUT2D eigenvalue weighted by Gasteiger charge is -2.37. The Kier molecular flexibility index (Phi) is 4.69. The van der Waals surface area contributed by atoms with Gasteiger partial charge in [0, 0.05) is 11.0 Å². The lowest BCUT2D eigenvalue weighted by Crippen LogP contribution is -2.34. The van der Waals surface area contributed by atoms with Crippen LogP contribution in [0.3, 0.4) is 0 Å². The lowest BCUT2D eigenvalue weighted by molar-refractivity contribution is -0.143. The van der Waals surface area contributed by atoms with Gasteiger partial charge >= 0.3 is 18.3 Å². The fraction of sp³-hybridized carbons (Fsp3) is 0.471. The number of halogens is 6. The Morgan fingerprint density at radius 3 is 1.96 bits per heavy atom. The molecule has 1 N–H and O–H groups in total. The van der Waals surface area contributed by atoms with E-state index in [1.165, 1.54) is 13.0 Å². The van der Waals surface area contributed by atoms with E-state index in [1.54, 1.807) is 6.92 Å². The monoisotopic (exact) mass is 366 g/mol. The number of rotatable bonds is 2. The molecule has 0 bridgehead atoms. The Morgan fingerprint density at radius 1 is 1.08 bits per heavy atom. The van der Waals surface area contributed by atoms with E-state index >= 15 is 0 Å². The fourth-order valence-electron chi connectivity index (χ4n) is 3.30. The van der Waals surface area contributed by atoms with E-state index in [0.29, 0.717) is 18.6 Å². The Hall–Kier alpha value is -1.99. The molecule has 0 heterocycles. The van der Waals surface area contributed by atoms with Crippen LogP contribution in [0.2, 0.25) is 0 Å². The smallest absolute Gasteiger partial charge is 0.416 e. The third-order valence-corrected chi connectivity index (χ3v) is 4.53. The van der Waals surface area contributed by atoms with Crippen LogP contribution in [0, 0.1) is 5.92 Å². The van der Waals surface area contributed by atoms with E-state index in [-0.39, 0.29) is 29.5 Å². The number of aliphatic carboxylic acids is 1. The van der Waals surface area contributed by atoms with E-state index in [4.69, 9.17) is 0 Å². The molecular weight excluding hydrogens is 350 g/mol. The van der Waals surface area contributed by atoms with E-state index < -0.39 is 34.9 Å². The number of hydrogen-bond donors (Lipinski definition) is 1. The van der Waals surface area contributed by atoms with Gasteiger partial charge in [0.25, 0.3) is 0 Å². The van der Waals surface area contributed by atoms with Crippen molar-refractivity contribution in [3.63, 3.8) is 0 Å². The van der Waals surface area contributed by atoms with Gasteiger partial charge in [0.05, 0.1) is 11.1 Å². The molecule has 2 nitrogen and oxygen atoms in total. The molecule has 0 radical (unpaired) electrons. The van der Waals surface area contributed by atoms with Gasteiger partial charge in [-0.15, -0.1) is 0 Å². The molecule has 1 aromatic carbocycles. The van der Waals surface area contributed by atoms with Crippen molar-refractivity contribution in [2.75, 3.05) is 0 Å². The van der Waals surface area contributed by atoms with Crippen molar-refractivity contribution in [2.24, 2.45) is 5.92 Å². The maximum Gasteiger partial charge on any atom is 0.416 e. The van der Waals surface area contributed by atoms with Crippen LogP contribution in [0.5, 0.6) is 0 Å². The van der Waals surface area contributed by atoms with Crippen LogP contribution in [0.25, 0.3) is 0 Å². The van der Waals surface area contributed by atoms with Crippen molar-refractivity contribution in [2.45, 2.75) is 44.5 Å². The van der Waals surface area contributed by atoms with Crippen LogP contribution in [0.15, 0.2) is 29.8 Å². The van der Waals surface area contributed by atoms with Crippen molar-refractivity contribution in [3.05, 3.63) is 46.5 Å². The van der Waals surface area contributed by atoms with Crippen LogP contribution in [-0.2, 0) is 22.6 Å². The molecule has 2 rings (SSSR count). The summed E-state index contributed by atoms with van der Waals surface area (Å²) in [6, 6.07) is 1.28. The van der Waals surface area contributed by atoms with Crippen molar-refractivity contribution < 1.29 is 36.2 Å². The molecule has 1 aliphatic rings. The third-order valence-electron chi connectivity index (χ3n) is 4.53. The zero-order chi connectivity index (χ0) is 19.2. The normalized spacial score (nSPS) is 24.8. The van der Waals surface area contributed by atoms with Crippen molar-refractivity contribution in [1.29, 1.82) is 0 Å². The summed E-state index contributed by atoms with van der Waals surface area (Å²) in [5, 5.41) is 9.37. The summed E-state index contributed by atoms with van der Waals surface area (Å²) in [7, 11) is 0. The van der Waals surface area contributed by atoms with Gasteiger partial charge in [0.15, 0.2) is 0 Å². The van der Waals surface area contributed by atoms with Crippen LogP contribution in [-0.4, -0.2) is 11.1 Å². The summed E-state index contributed by atoms with van der Waals surface area (Å²) in [5.41, 5.74) is -4.80. The molecule has 0 saturated heterocycles. The van der Waals surface area contributed by atoms with Gasteiger partial charge in [-0.2, -0.15) is 26.3 Å². The minimum Gasteiger partial charge on any atom is -0.478 e. The van der Waals surface area contributed by atoms with Crippen LogP contribution in [0.4, 0.5) is 26.3 Å². The quantitative estimate of drug-likeness (QED) is 0.710. The highest BCUT2D eigenvalue weighted by Crippen LogP contribution is 2.46. The Labute approximate surface area is 140 Å². The molecule has 2 unspecified atom stereocenters. The van der Waals surface area contributed by atoms with E-state index in [2.05, 4.69) is 0 Å². The lowest BCUT2D eigenvalue weighted by atomic mass is 9.66. The second-order valence-electron chi connectivity index (χ2n) is 6.59. The van der Waals surface area contributed by atoms with Gasteiger partial charge in [-0.3, -0.25) is 0 Å². The molecule has 0 aliphatic heterocycles. The highest BCUT2D eigenvalue weighted by atomic mass is 19.4. The summed E-state index contributed by atoms with van der Waals surface area (Å²) in [5.74, 6) is -1.42. The SMILES string of the molecule is CC1CC=C(C(=O)O)C(C)(c2cc(C(F)(F)F)cc(C(F)(F)F)c2)C1. The molecular formula is C17H16F6O2. The average molecular weight is 366 g/mol. The minimum atomic E-state index is -4.97. The first-order valence-electron chi connectivity index (χ1n) is 7.49. The highest BCUT2D eigenvalue weighted by Gasteiger charge is 2.43. The van der Waals surface area contributed by atoms with Crippen molar-refractivity contribution >= 4 is 5.97 Å². The van der Waals surface area contributed by atoms with Crippen molar-refractivity contribution in [3.8, 4) is 0 Å². The fourth-order valence-corrected chi connectivity index (χ4v) is 3.30. The van der Waals surface area contributed by atoms with Gasteiger partial charge < -0.3 is 5.11 Å². The standard InChI is InChI=1S/C17H16F6O2/c1-9-3-4-13(14(24)25)15(2,8-9)10-5-11(16(18,19)20)7-12(6-10)17(21,22)23/h4-7,9H,3,8H2,1-2H3,(H,24,25). The van der Waals surface area contributed by atoms with Crippen LogP contribution < -0.4 is 0 Å². The molecule has 25 heavy (non-hydrogen) atoms. The number of carbonyl (C=O) groups is 1. The second kappa shape index (κ2) is 6.07. The maximum absolute atomic E-state index is 13.1. The third kappa shape index (κ3) is 3.82. The molecule has 0 saturated carbocycles. The number of carboxylic acid groups (broad SMARTS) is 1. The number of allylic oxidation sites excluding steroid dienone is 1. The van der Waals surface area contributed by atoms with Crippen LogP contribution in [0.1, 0.15) is 43.4 Å². The number of hydrogen-bond acceptors (Lipinski definition) is 1. The Bertz CT molecular complexity index is 685. The topological polar surface area (TPSA) is 37.3 Å². The number of benzene rings is 1. The first-order valence-corrected chi connectivity index (χ1v) is 7.49. The molecule has 1 aliphatic carbocycles. The Balaban J connectivity index is 2.73. The minimum absolute atomic E-state index is 0.0449. The zero-order valence-electron chi connectivity index (χ0n) is 13.4. The molecule has 0 amide bonds. The van der Waals surface area contributed by atoms with Gasteiger partial charge in [0.1, 0.15) is 0 Å². The molecule has 8 heteroatoms. The molecule has 0 aromatic heterocycles. The summed E-state index contributed by atoms with van der Waals surface area (Å²) in [4.78, 5) is 11.5. The first kappa shape index (κ1) is 19.3. The first-order chi connectivity index (χ1) is 11.2. The molecule has 2 atom stereocenters. The van der Waals surface area contributed by atoms with E-state index in [1.807, 2.05) is 0 Å². The van der Waals surface area contributed by atoms with Gasteiger partial charge in [-0.1, -0.05) is 19.9 Å². The predicted octanol–water partition coefficient (Wildman–Crippen LogP) is 5.42. The van der Waals surface area contributed by atoms with E-state index in [9.17, 15) is 36.2 Å². The largest absolute Gasteiger partial charge is 0.478 e. The molecule has 1 aromatic rings. The van der Waals surface area contributed by atoms with Crippen molar-refractivity contribution in [1.82, 2.24) is 0 Å². The maximum atomic E-state index is 13.1. The summed E-state index contributed by atoms with van der Waals surface area (Å²) >= 11 is 0. The summed E-state index contributed by atoms with van der Waals surface area (Å²) in [6.45, 7) is 3.14.